The summed E-state index contributed by atoms with van der Waals surface area (Å²) < 4.78 is 6.00. The molecule has 0 unspecified atom stereocenters. The smallest absolute Gasteiger partial charge is 0.324 e. The molecule has 1 fully saturated rings. The predicted octanol–water partition coefficient (Wildman–Crippen LogP) is 7.18. The minimum atomic E-state index is 0.0567. The molecule has 1 saturated heterocycles. The van der Waals surface area contributed by atoms with E-state index < -0.39 is 0 Å². The molecule has 2 aromatic carbocycles. The predicted molar refractivity (Wildman–Crippen MR) is 139 cm³/mol. The summed E-state index contributed by atoms with van der Waals surface area (Å²) >= 11 is 12.3. The van der Waals surface area contributed by atoms with Crippen molar-refractivity contribution in [1.29, 1.82) is 0 Å². The number of carbonyl (C=O) groups is 1. The highest BCUT2D eigenvalue weighted by atomic mass is 35.5. The number of anilines is 1. The number of pyridine rings is 1. The third-order valence-electron chi connectivity index (χ3n) is 6.27. The molecule has 5 nitrogen and oxygen atoms in total. The second-order valence-electron chi connectivity index (χ2n) is 9.29. The minimum absolute atomic E-state index is 0.0567. The van der Waals surface area contributed by atoms with Crippen molar-refractivity contribution < 1.29 is 9.53 Å². The van der Waals surface area contributed by atoms with E-state index in [2.05, 4.69) is 18.8 Å². The van der Waals surface area contributed by atoms with Crippen molar-refractivity contribution in [3.05, 3.63) is 77.0 Å². The van der Waals surface area contributed by atoms with Gasteiger partial charge < -0.3 is 9.64 Å². The van der Waals surface area contributed by atoms with Crippen LogP contribution in [-0.4, -0.2) is 42.2 Å². The molecule has 0 spiro atoms. The number of rotatable bonds is 9. The Hall–Kier alpha value is -2.76. The van der Waals surface area contributed by atoms with Crippen molar-refractivity contribution >= 4 is 34.9 Å². The fraction of sp³-hybridized carbons (Fsp3) is 0.333. The first kappa shape index (κ1) is 24.4. The monoisotopic (exact) mass is 497 g/mol. The van der Waals surface area contributed by atoms with E-state index in [4.69, 9.17) is 27.9 Å². The number of urea groups is 1. The molecule has 0 aliphatic carbocycles. The van der Waals surface area contributed by atoms with Crippen molar-refractivity contribution in [3.63, 3.8) is 0 Å². The van der Waals surface area contributed by atoms with Crippen molar-refractivity contribution in [3.8, 4) is 16.9 Å². The molecular weight excluding hydrogens is 469 g/mol. The number of halogens is 2. The molecule has 7 heteroatoms. The average molecular weight is 498 g/mol. The molecule has 1 aliphatic rings. The molecule has 0 radical (unpaired) electrons. The van der Waals surface area contributed by atoms with Gasteiger partial charge in [-0.15, -0.1) is 0 Å². The van der Waals surface area contributed by atoms with Crippen molar-refractivity contribution in [2.24, 2.45) is 5.41 Å². The Morgan fingerprint density at radius 3 is 2.41 bits per heavy atom. The fourth-order valence-corrected chi connectivity index (χ4v) is 4.53. The van der Waals surface area contributed by atoms with Gasteiger partial charge in [-0.1, -0.05) is 55.2 Å². The third-order valence-corrected chi connectivity index (χ3v) is 6.82. The van der Waals surface area contributed by atoms with Crippen LogP contribution in [0.4, 0.5) is 10.5 Å². The van der Waals surface area contributed by atoms with E-state index >= 15 is 0 Å². The third kappa shape index (κ3) is 6.02. The van der Waals surface area contributed by atoms with Crippen LogP contribution < -0.4 is 9.64 Å². The molecule has 0 N–H and O–H groups in total. The first-order valence-corrected chi connectivity index (χ1v) is 12.2. The first-order valence-electron chi connectivity index (χ1n) is 11.5. The molecule has 1 aromatic heterocycles. The summed E-state index contributed by atoms with van der Waals surface area (Å²) in [6.07, 6.45) is 5.25. The van der Waals surface area contributed by atoms with Gasteiger partial charge in [0.1, 0.15) is 5.75 Å². The van der Waals surface area contributed by atoms with Gasteiger partial charge in [0.25, 0.3) is 0 Å². The van der Waals surface area contributed by atoms with E-state index in [-0.39, 0.29) is 11.4 Å². The highest BCUT2D eigenvalue weighted by Gasteiger charge is 2.30. The maximum Gasteiger partial charge on any atom is 0.324 e. The summed E-state index contributed by atoms with van der Waals surface area (Å²) in [5.41, 5.74) is 2.92. The van der Waals surface area contributed by atoms with Gasteiger partial charge in [0.2, 0.25) is 0 Å². The standard InChI is InChI=1S/C27H29Cl2N3O2/c1-27(2,11-15-31-16-17-32(26(31)33)22-9-13-30-14-10-22)12-18-34-23-6-3-20(4-7-23)24-8-5-21(28)19-25(24)29/h3-10,13-14,19H,11-12,15-18H2,1-2H3. The van der Waals surface area contributed by atoms with Crippen molar-refractivity contribution in [1.82, 2.24) is 9.88 Å². The lowest BCUT2D eigenvalue weighted by Crippen LogP contribution is -2.34. The molecule has 1 aliphatic heterocycles. The van der Waals surface area contributed by atoms with Gasteiger partial charge >= 0.3 is 6.03 Å². The van der Waals surface area contributed by atoms with Crippen LogP contribution in [0.3, 0.4) is 0 Å². The molecule has 34 heavy (non-hydrogen) atoms. The molecule has 2 amide bonds. The number of carbonyl (C=O) groups excluding carboxylic acids is 1. The Balaban J connectivity index is 1.24. The highest BCUT2D eigenvalue weighted by Crippen LogP contribution is 2.32. The second-order valence-corrected chi connectivity index (χ2v) is 10.1. The molecular formula is C27H29Cl2N3O2. The van der Waals surface area contributed by atoms with Gasteiger partial charge in [-0.3, -0.25) is 9.88 Å². The van der Waals surface area contributed by atoms with Crippen LogP contribution in [0.15, 0.2) is 67.0 Å². The number of hydrogen-bond acceptors (Lipinski definition) is 3. The maximum atomic E-state index is 12.8. The average Bonchev–Trinajstić information content (AvgIpc) is 3.19. The number of nitrogens with zero attached hydrogens (tertiary/aromatic N) is 3. The number of ether oxygens (including phenoxy) is 1. The van der Waals surface area contributed by atoms with Gasteiger partial charge in [0.05, 0.1) is 6.61 Å². The van der Waals surface area contributed by atoms with Crippen LogP contribution in [0.25, 0.3) is 11.1 Å². The Labute approximate surface area is 211 Å². The summed E-state index contributed by atoms with van der Waals surface area (Å²) in [5, 5.41) is 1.25. The number of hydrogen-bond donors (Lipinski definition) is 0. The molecule has 4 rings (SSSR count). The molecule has 178 valence electrons. The zero-order valence-electron chi connectivity index (χ0n) is 19.5. The summed E-state index contributed by atoms with van der Waals surface area (Å²) in [7, 11) is 0. The molecule has 0 atom stereocenters. The van der Waals surface area contributed by atoms with E-state index in [1.54, 1.807) is 18.5 Å². The van der Waals surface area contributed by atoms with Crippen LogP contribution in [-0.2, 0) is 0 Å². The zero-order valence-corrected chi connectivity index (χ0v) is 21.0. The van der Waals surface area contributed by atoms with Crippen LogP contribution in [0.1, 0.15) is 26.7 Å². The number of aromatic nitrogens is 1. The lowest BCUT2D eigenvalue weighted by Gasteiger charge is -2.27. The summed E-state index contributed by atoms with van der Waals surface area (Å²) in [6, 6.07) is 17.3. The Morgan fingerprint density at radius 1 is 0.971 bits per heavy atom. The quantitative estimate of drug-likeness (QED) is 0.314. The van der Waals surface area contributed by atoms with E-state index in [1.807, 2.05) is 58.3 Å². The van der Waals surface area contributed by atoms with Crippen LogP contribution in [0.2, 0.25) is 10.0 Å². The Bertz CT molecular complexity index is 1120. The number of benzene rings is 2. The maximum absolute atomic E-state index is 12.8. The van der Waals surface area contributed by atoms with Gasteiger partial charge in [0.15, 0.2) is 0 Å². The van der Waals surface area contributed by atoms with Gasteiger partial charge in [-0.2, -0.15) is 0 Å². The normalized spacial score (nSPS) is 14.1. The lowest BCUT2D eigenvalue weighted by molar-refractivity contribution is 0.188. The van der Waals surface area contributed by atoms with Gasteiger partial charge in [-0.25, -0.2) is 4.79 Å². The SMILES string of the molecule is CC(C)(CCOc1ccc(-c2ccc(Cl)cc2Cl)cc1)CCN1CCN(c2ccncc2)C1=O. The van der Waals surface area contributed by atoms with Crippen molar-refractivity contribution in [2.45, 2.75) is 26.7 Å². The van der Waals surface area contributed by atoms with Crippen LogP contribution in [0, 0.1) is 5.41 Å². The topological polar surface area (TPSA) is 45.7 Å². The van der Waals surface area contributed by atoms with E-state index in [9.17, 15) is 4.79 Å². The zero-order chi connectivity index (χ0) is 24.1. The molecule has 2 heterocycles. The van der Waals surface area contributed by atoms with Crippen LogP contribution >= 0.6 is 23.2 Å². The summed E-state index contributed by atoms with van der Waals surface area (Å²) in [4.78, 5) is 20.6. The summed E-state index contributed by atoms with van der Waals surface area (Å²) in [6.45, 7) is 7.27. The molecule has 0 saturated carbocycles. The first-order chi connectivity index (χ1) is 16.3. The summed E-state index contributed by atoms with van der Waals surface area (Å²) in [5.74, 6) is 0.826. The number of amides is 2. The highest BCUT2D eigenvalue weighted by molar-refractivity contribution is 6.36. The fourth-order valence-electron chi connectivity index (χ4n) is 4.02. The largest absolute Gasteiger partial charge is 0.494 e. The van der Waals surface area contributed by atoms with E-state index in [0.29, 0.717) is 23.2 Å². The lowest BCUT2D eigenvalue weighted by atomic mass is 9.86. The Morgan fingerprint density at radius 2 is 1.71 bits per heavy atom. The van der Waals surface area contributed by atoms with E-state index in [0.717, 1.165) is 48.5 Å². The molecule has 0 bridgehead atoms. The van der Waals surface area contributed by atoms with Gasteiger partial charge in [0, 0.05) is 53.3 Å². The van der Waals surface area contributed by atoms with Crippen molar-refractivity contribution in [2.75, 3.05) is 31.1 Å². The van der Waals surface area contributed by atoms with Crippen LogP contribution in [0.5, 0.6) is 5.75 Å². The second kappa shape index (κ2) is 10.7. The minimum Gasteiger partial charge on any atom is -0.494 e. The van der Waals surface area contributed by atoms with E-state index in [1.165, 1.54) is 0 Å². The molecule has 3 aromatic rings. The Kier molecular flexibility index (Phi) is 7.64. The van der Waals surface area contributed by atoms with Gasteiger partial charge in [-0.05, 0) is 60.2 Å².